The first-order chi connectivity index (χ1) is 8.25. The van der Waals surface area contributed by atoms with Crippen molar-refractivity contribution in [3.05, 3.63) is 41.4 Å². The number of hydrogen-bond donors (Lipinski definition) is 0. The molecule has 0 amide bonds. The Balaban J connectivity index is 0. The van der Waals surface area contributed by atoms with E-state index in [0.717, 1.165) is 0 Å². The van der Waals surface area contributed by atoms with Gasteiger partial charge in [-0.3, -0.25) is 28.3 Å². The third-order valence-corrected chi connectivity index (χ3v) is 1.82. The summed E-state index contributed by atoms with van der Waals surface area (Å²) in [7, 11) is 0. The second-order valence-electron chi connectivity index (χ2n) is 3.14. The smallest absolute Gasteiger partial charge is 0.548 e. The summed E-state index contributed by atoms with van der Waals surface area (Å²) in [5.74, 6) is -2.84. The fraction of sp³-hybridized carbons (Fsp3) is 0.250. The second-order valence-corrected chi connectivity index (χ2v) is 3.14. The van der Waals surface area contributed by atoms with Gasteiger partial charge in [0, 0.05) is 0 Å². The van der Waals surface area contributed by atoms with E-state index in [2.05, 4.69) is 0 Å². The molecule has 0 saturated carbocycles. The van der Waals surface area contributed by atoms with Crippen LogP contribution in [0.3, 0.4) is 0 Å². The van der Waals surface area contributed by atoms with Crippen molar-refractivity contribution < 1.29 is 123 Å². The Morgan fingerprint density at radius 2 is 0.900 bits per heavy atom. The van der Waals surface area contributed by atoms with Crippen LogP contribution in [-0.4, -0.2) is 21.1 Å². The van der Waals surface area contributed by atoms with Gasteiger partial charge >= 0.3 is 125 Å². The van der Waals surface area contributed by atoms with Crippen molar-refractivity contribution in [2.45, 2.75) is 13.1 Å². The van der Waals surface area contributed by atoms with Gasteiger partial charge in [0.15, 0.2) is 0 Å². The van der Waals surface area contributed by atoms with Crippen molar-refractivity contribution >= 4 is 11.9 Å². The predicted molar refractivity (Wildman–Crippen MR) is 48.7 cm³/mol. The molecule has 20 heavy (non-hydrogen) atoms. The fourth-order valence-corrected chi connectivity index (χ4v) is 0.874. The minimum Gasteiger partial charge on any atom is -0.548 e. The van der Waals surface area contributed by atoms with Crippen LogP contribution in [0.15, 0.2) is 19.2 Å². The van der Waals surface area contributed by atoms with Gasteiger partial charge in [0.1, 0.15) is 0 Å². The normalized spacial score (nSPS) is 9.20. The first-order valence-electron chi connectivity index (χ1n) is 4.37. The minimum atomic E-state index is -1.42. The van der Waals surface area contributed by atoms with Gasteiger partial charge in [0.05, 0.1) is 25.0 Å². The molecule has 0 bridgehead atoms. The standard InChI is InChI=1S/2C4H3NO4.2K/c2*6-2(7)1-5-3(8)4(5)9;;/h2*1H2,(H,6,7);;/q;;2*+1/p-2. The maximum atomic E-state index is 10.0. The molecule has 0 unspecified atom stereocenters. The van der Waals surface area contributed by atoms with Gasteiger partial charge in [-0.1, -0.05) is 0 Å². The summed E-state index contributed by atoms with van der Waals surface area (Å²) in [4.78, 5) is 59.5. The van der Waals surface area contributed by atoms with Gasteiger partial charge < -0.3 is 19.8 Å². The van der Waals surface area contributed by atoms with Crippen LogP contribution in [0.1, 0.15) is 0 Å². The Morgan fingerprint density at radius 3 is 0.950 bits per heavy atom. The third kappa shape index (κ3) is 6.97. The molecule has 0 aliphatic rings. The number of nitrogens with zero attached hydrogens (tertiary/aromatic N) is 2. The van der Waals surface area contributed by atoms with E-state index in [1.807, 2.05) is 0 Å². The summed E-state index contributed by atoms with van der Waals surface area (Å²) < 4.78 is 1.19. The van der Waals surface area contributed by atoms with E-state index in [-0.39, 0.29) is 103 Å². The average Bonchev–Trinajstić information content (AvgIpc) is 3.01. The number of hydrogen-bond acceptors (Lipinski definition) is 8. The molecule has 12 heteroatoms. The summed E-state index contributed by atoms with van der Waals surface area (Å²) in [5, 5.41) is 19.4. The van der Waals surface area contributed by atoms with Crippen LogP contribution in [0.4, 0.5) is 0 Å². The van der Waals surface area contributed by atoms with Crippen LogP contribution in [0.5, 0.6) is 0 Å². The van der Waals surface area contributed by atoms with Crippen molar-refractivity contribution in [2.24, 2.45) is 0 Å². The summed E-state index contributed by atoms with van der Waals surface area (Å²) in [6, 6.07) is 0. The molecular weight excluding hydrogens is 330 g/mol. The van der Waals surface area contributed by atoms with E-state index in [1.54, 1.807) is 0 Å². The van der Waals surface area contributed by atoms with E-state index in [1.165, 1.54) is 0 Å². The molecule has 0 aliphatic heterocycles. The van der Waals surface area contributed by atoms with Crippen LogP contribution < -0.4 is 135 Å². The van der Waals surface area contributed by atoms with Crippen molar-refractivity contribution in [3.8, 4) is 0 Å². The van der Waals surface area contributed by atoms with Crippen molar-refractivity contribution in [2.75, 3.05) is 0 Å². The average molecular weight is 334 g/mol. The zero-order valence-electron chi connectivity index (χ0n) is 10.6. The fourth-order valence-electron chi connectivity index (χ4n) is 0.874. The molecule has 0 spiro atoms. The Labute approximate surface area is 194 Å². The first kappa shape index (κ1) is 22.8. The molecule has 2 aromatic heterocycles. The Kier molecular flexibility index (Phi) is 10.8. The van der Waals surface area contributed by atoms with Crippen LogP contribution >= 0.6 is 0 Å². The van der Waals surface area contributed by atoms with Gasteiger partial charge in [0.25, 0.3) is 0 Å². The molecule has 2 aromatic rings. The van der Waals surface area contributed by atoms with E-state index in [4.69, 9.17) is 0 Å². The van der Waals surface area contributed by atoms with E-state index in [9.17, 15) is 39.0 Å². The predicted octanol–water partition coefficient (Wildman–Crippen LogP) is -12.3. The molecule has 0 atom stereocenters. The van der Waals surface area contributed by atoms with Gasteiger partial charge in [-0.25, -0.2) is 0 Å². The van der Waals surface area contributed by atoms with Crippen LogP contribution in [-0.2, 0) is 22.7 Å². The minimum absolute atomic E-state index is 0. The third-order valence-electron chi connectivity index (χ3n) is 1.82. The molecule has 0 aliphatic carbocycles. The molecule has 2 heterocycles. The summed E-state index contributed by atoms with van der Waals surface area (Å²) in [6.45, 7) is -1.23. The van der Waals surface area contributed by atoms with Gasteiger partial charge in [-0.15, -0.1) is 0 Å². The van der Waals surface area contributed by atoms with Gasteiger partial charge in [0.2, 0.25) is 0 Å². The summed E-state index contributed by atoms with van der Waals surface area (Å²) in [5.41, 5.74) is -3.00. The quantitative estimate of drug-likeness (QED) is 0.393. The number of aromatic nitrogens is 2. The van der Waals surface area contributed by atoms with Gasteiger partial charge in [-0.05, 0) is 0 Å². The van der Waals surface area contributed by atoms with Crippen molar-refractivity contribution in [1.29, 1.82) is 0 Å². The number of aliphatic carboxylic acids is 2. The van der Waals surface area contributed by atoms with E-state index < -0.39 is 47.3 Å². The topological polar surface area (TPSA) is 158 Å². The number of rotatable bonds is 4. The zero-order chi connectivity index (χ0) is 14.0. The maximum Gasteiger partial charge on any atom is 1.00 e. The number of carboxylic acid groups (broad SMARTS) is 2. The van der Waals surface area contributed by atoms with Gasteiger partial charge in [-0.2, -0.15) is 0 Å². The monoisotopic (exact) mass is 334 g/mol. The van der Waals surface area contributed by atoms with Crippen LogP contribution in [0.25, 0.3) is 0 Å². The van der Waals surface area contributed by atoms with Crippen molar-refractivity contribution in [1.82, 2.24) is 9.13 Å². The molecule has 0 N–H and O–H groups in total. The summed E-state index contributed by atoms with van der Waals surface area (Å²) >= 11 is 0. The molecule has 0 saturated heterocycles. The molecule has 0 fully saturated rings. The largest absolute Gasteiger partial charge is 1.00 e. The SMILES string of the molecule is O=C([O-])Cn1c(=O)c1=O.O=C([O-])Cn1c(=O)c1=O.[K+].[K+]. The molecule has 0 radical (unpaired) electrons. The zero-order valence-corrected chi connectivity index (χ0v) is 16.8. The molecule has 96 valence electrons. The molecule has 0 aromatic carbocycles. The van der Waals surface area contributed by atoms with Crippen molar-refractivity contribution in [3.63, 3.8) is 0 Å². The van der Waals surface area contributed by atoms with Crippen LogP contribution in [0, 0.1) is 0 Å². The van der Waals surface area contributed by atoms with Crippen LogP contribution in [0.2, 0.25) is 0 Å². The maximum absolute atomic E-state index is 10.0. The molecule has 10 nitrogen and oxygen atoms in total. The summed E-state index contributed by atoms with van der Waals surface area (Å²) in [6.07, 6.45) is 0. The number of carbonyl (C=O) groups is 2. The van der Waals surface area contributed by atoms with E-state index >= 15 is 0 Å². The Morgan fingerprint density at radius 1 is 0.700 bits per heavy atom. The number of carbonyl (C=O) groups excluding carboxylic acids is 2. The molecular formula is C8H4K2N2O8. The Bertz CT molecular complexity index is 628. The Hall–Kier alpha value is 0.493. The van der Waals surface area contributed by atoms with E-state index in [0.29, 0.717) is 9.13 Å². The number of carboxylic acids is 2. The molecule has 2 rings (SSSR count). The first-order valence-corrected chi connectivity index (χ1v) is 4.37. The second kappa shape index (κ2) is 9.50.